The van der Waals surface area contributed by atoms with Crippen molar-refractivity contribution in [1.82, 2.24) is 9.80 Å². The van der Waals surface area contributed by atoms with Crippen LogP contribution in [0, 0.1) is 0 Å². The molecular weight excluding hydrogens is 397 g/mol. The lowest BCUT2D eigenvalue weighted by atomic mass is 10.1. The van der Waals surface area contributed by atoms with Gasteiger partial charge in [-0.25, -0.2) is 4.39 Å². The van der Waals surface area contributed by atoms with E-state index in [1.165, 1.54) is 4.90 Å². The van der Waals surface area contributed by atoms with E-state index in [2.05, 4.69) is 9.80 Å². The summed E-state index contributed by atoms with van der Waals surface area (Å²) < 4.78 is 18.0. The van der Waals surface area contributed by atoms with Crippen molar-refractivity contribution < 1.29 is 18.7 Å². The monoisotopic (exact) mass is 423 g/mol. The van der Waals surface area contributed by atoms with Gasteiger partial charge in [-0.3, -0.25) is 19.4 Å². The van der Waals surface area contributed by atoms with Crippen LogP contribution in [0.15, 0.2) is 60.7 Å². The Labute approximate surface area is 181 Å². The van der Waals surface area contributed by atoms with E-state index >= 15 is 0 Å². The topological polar surface area (TPSA) is 53.1 Å². The average Bonchev–Trinajstić information content (AvgIpc) is 3.06. The second-order valence-corrected chi connectivity index (χ2v) is 7.53. The van der Waals surface area contributed by atoms with Crippen LogP contribution < -0.4 is 9.64 Å². The van der Waals surface area contributed by atoms with Gasteiger partial charge in [-0.1, -0.05) is 36.4 Å². The molecule has 0 aromatic heterocycles. The van der Waals surface area contributed by atoms with Crippen molar-refractivity contribution in [3.63, 3.8) is 0 Å². The van der Waals surface area contributed by atoms with Crippen LogP contribution in [0.1, 0.15) is 20.7 Å². The number of nitrogens with zero attached hydrogens (tertiary/aromatic N) is 3. The quantitative estimate of drug-likeness (QED) is 0.483. The second kappa shape index (κ2) is 9.75. The number of fused-ring (bicyclic) bond motifs is 1. The minimum Gasteiger partial charge on any atom is -0.489 e. The molecule has 4 rings (SSSR count). The summed E-state index contributed by atoms with van der Waals surface area (Å²) in [4.78, 5) is 30.6. The predicted molar refractivity (Wildman–Crippen MR) is 118 cm³/mol. The van der Waals surface area contributed by atoms with Gasteiger partial charge < -0.3 is 9.64 Å². The number of imide groups is 1. The molecular formula is C24H26FN3O3. The van der Waals surface area contributed by atoms with Crippen molar-refractivity contribution in [1.29, 1.82) is 0 Å². The number of hydrogen-bond donors (Lipinski definition) is 0. The third-order valence-corrected chi connectivity index (χ3v) is 5.61. The van der Waals surface area contributed by atoms with E-state index in [9.17, 15) is 14.0 Å². The van der Waals surface area contributed by atoms with Crippen molar-refractivity contribution in [2.24, 2.45) is 0 Å². The largest absolute Gasteiger partial charge is 0.489 e. The molecule has 2 aliphatic heterocycles. The van der Waals surface area contributed by atoms with Gasteiger partial charge in [0.15, 0.2) is 0 Å². The van der Waals surface area contributed by atoms with Crippen LogP contribution in [0.4, 0.5) is 10.1 Å². The lowest BCUT2D eigenvalue weighted by molar-refractivity contribution is 0.0672. The van der Waals surface area contributed by atoms with Gasteiger partial charge in [0.25, 0.3) is 11.8 Å². The van der Waals surface area contributed by atoms with E-state index in [0.717, 1.165) is 44.2 Å². The van der Waals surface area contributed by atoms with E-state index in [1.807, 2.05) is 36.4 Å². The molecule has 0 atom stereocenters. The van der Waals surface area contributed by atoms with E-state index in [0.29, 0.717) is 11.1 Å². The van der Waals surface area contributed by atoms with Gasteiger partial charge in [-0.05, 0) is 24.3 Å². The summed E-state index contributed by atoms with van der Waals surface area (Å²) in [5, 5.41) is 0. The SMILES string of the molecule is O=C1c2ccccc2C(=O)N1C/C=C/CN1CCN(c2ccccc2OCCF)CC1. The summed E-state index contributed by atoms with van der Waals surface area (Å²) in [6.07, 6.45) is 3.89. The number of anilines is 1. The van der Waals surface area contributed by atoms with Gasteiger partial charge >= 0.3 is 0 Å². The van der Waals surface area contributed by atoms with Gasteiger partial charge in [0.2, 0.25) is 0 Å². The van der Waals surface area contributed by atoms with Crippen molar-refractivity contribution in [3.05, 3.63) is 71.8 Å². The van der Waals surface area contributed by atoms with E-state index in [-0.39, 0.29) is 25.0 Å². The summed E-state index contributed by atoms with van der Waals surface area (Å²) in [6.45, 7) is 4.07. The Kier molecular flexibility index (Phi) is 6.62. The normalized spacial score (nSPS) is 16.9. The summed E-state index contributed by atoms with van der Waals surface area (Å²) in [5.41, 5.74) is 1.96. The molecule has 6 nitrogen and oxygen atoms in total. The molecule has 7 heteroatoms. The first kappa shape index (κ1) is 21.1. The van der Waals surface area contributed by atoms with Crippen LogP contribution in [-0.4, -0.2) is 74.2 Å². The fraction of sp³-hybridized carbons (Fsp3) is 0.333. The predicted octanol–water partition coefficient (Wildman–Crippen LogP) is 3.01. The maximum atomic E-state index is 12.5. The number of para-hydroxylation sites is 2. The van der Waals surface area contributed by atoms with Crippen LogP contribution in [-0.2, 0) is 0 Å². The number of ether oxygens (including phenoxy) is 1. The Morgan fingerprint density at radius 3 is 2.13 bits per heavy atom. The third kappa shape index (κ3) is 4.61. The molecule has 0 saturated carbocycles. The molecule has 2 amide bonds. The molecule has 2 aromatic carbocycles. The Bertz CT molecular complexity index is 935. The Morgan fingerprint density at radius 1 is 0.839 bits per heavy atom. The smallest absolute Gasteiger partial charge is 0.261 e. The lowest BCUT2D eigenvalue weighted by Crippen LogP contribution is -2.46. The molecule has 2 aliphatic rings. The summed E-state index contributed by atoms with van der Waals surface area (Å²) in [6, 6.07) is 14.7. The first-order valence-corrected chi connectivity index (χ1v) is 10.5. The maximum Gasteiger partial charge on any atom is 0.261 e. The van der Waals surface area contributed by atoms with Crippen LogP contribution in [0.3, 0.4) is 0 Å². The molecule has 0 aliphatic carbocycles. The van der Waals surface area contributed by atoms with Crippen molar-refractivity contribution in [2.45, 2.75) is 0 Å². The van der Waals surface area contributed by atoms with E-state index < -0.39 is 6.67 Å². The molecule has 0 spiro atoms. The molecule has 0 bridgehead atoms. The number of halogens is 1. The number of rotatable bonds is 8. The number of hydrogen-bond acceptors (Lipinski definition) is 5. The zero-order chi connectivity index (χ0) is 21.6. The zero-order valence-electron chi connectivity index (χ0n) is 17.4. The Morgan fingerprint density at radius 2 is 1.45 bits per heavy atom. The first-order valence-electron chi connectivity index (χ1n) is 10.5. The fourth-order valence-electron chi connectivity index (χ4n) is 3.97. The maximum absolute atomic E-state index is 12.5. The molecule has 162 valence electrons. The number of benzene rings is 2. The first-order chi connectivity index (χ1) is 15.2. The standard InChI is InChI=1S/C24H26FN3O3/c25-11-18-31-22-10-4-3-9-21(22)27-16-14-26(15-17-27)12-5-6-13-28-23(29)19-7-1-2-8-20(19)24(28)30/h1-10H,11-18H2/b6-5+. The van der Waals surface area contributed by atoms with Crippen molar-refractivity contribution in [3.8, 4) is 5.75 Å². The van der Waals surface area contributed by atoms with E-state index in [1.54, 1.807) is 24.3 Å². The number of carbonyl (C=O) groups is 2. The lowest BCUT2D eigenvalue weighted by Gasteiger charge is -2.36. The van der Waals surface area contributed by atoms with Gasteiger partial charge in [-0.15, -0.1) is 0 Å². The highest BCUT2D eigenvalue weighted by Gasteiger charge is 2.34. The minimum absolute atomic E-state index is 0.0644. The Balaban J connectivity index is 1.26. The van der Waals surface area contributed by atoms with Crippen LogP contribution in [0.5, 0.6) is 5.75 Å². The third-order valence-electron chi connectivity index (χ3n) is 5.61. The van der Waals surface area contributed by atoms with Crippen LogP contribution >= 0.6 is 0 Å². The minimum atomic E-state index is -0.505. The number of piperazine rings is 1. The fourth-order valence-corrected chi connectivity index (χ4v) is 3.97. The molecule has 0 N–H and O–H groups in total. The van der Waals surface area contributed by atoms with E-state index in [4.69, 9.17) is 4.74 Å². The summed E-state index contributed by atoms with van der Waals surface area (Å²) in [5.74, 6) is 0.259. The van der Waals surface area contributed by atoms with Crippen molar-refractivity contribution in [2.75, 3.05) is 57.4 Å². The molecule has 2 heterocycles. The highest BCUT2D eigenvalue weighted by molar-refractivity contribution is 6.21. The molecule has 0 unspecified atom stereocenters. The number of carbonyl (C=O) groups excluding carboxylic acids is 2. The molecule has 2 aromatic rings. The summed E-state index contributed by atoms with van der Waals surface area (Å²) >= 11 is 0. The van der Waals surface area contributed by atoms with Gasteiger partial charge in [0.05, 0.1) is 16.8 Å². The second-order valence-electron chi connectivity index (χ2n) is 7.53. The highest BCUT2D eigenvalue weighted by atomic mass is 19.1. The number of amides is 2. The van der Waals surface area contributed by atoms with Gasteiger partial charge in [-0.2, -0.15) is 0 Å². The molecule has 1 fully saturated rings. The molecule has 0 radical (unpaired) electrons. The molecule has 1 saturated heterocycles. The van der Waals surface area contributed by atoms with Crippen molar-refractivity contribution >= 4 is 17.5 Å². The van der Waals surface area contributed by atoms with Gasteiger partial charge in [0, 0.05) is 39.3 Å². The highest BCUT2D eigenvalue weighted by Crippen LogP contribution is 2.29. The Hall–Kier alpha value is -3.19. The number of alkyl halides is 1. The average molecular weight is 423 g/mol. The van der Waals surface area contributed by atoms with Gasteiger partial charge in [0.1, 0.15) is 19.0 Å². The molecule has 31 heavy (non-hydrogen) atoms. The van der Waals surface area contributed by atoms with Crippen LogP contribution in [0.25, 0.3) is 0 Å². The summed E-state index contributed by atoms with van der Waals surface area (Å²) in [7, 11) is 0. The zero-order valence-corrected chi connectivity index (χ0v) is 17.4. The van der Waals surface area contributed by atoms with Crippen LogP contribution in [0.2, 0.25) is 0 Å².